The molecule has 7 heteroatoms. The number of nitrogens with zero attached hydrogens (tertiary/aromatic N) is 3. The number of fused-ring (bicyclic) bond motifs is 1. The number of methoxy groups -OCH3 is 1. The van der Waals surface area contributed by atoms with Crippen molar-refractivity contribution in [2.24, 2.45) is 5.73 Å². The fraction of sp³-hybridized carbons (Fsp3) is 0.400. The minimum Gasteiger partial charge on any atom is -0.497 e. The van der Waals surface area contributed by atoms with Gasteiger partial charge in [-0.05, 0) is 44.7 Å². The number of hydrogen-bond acceptors (Lipinski definition) is 6. The lowest BCUT2D eigenvalue weighted by atomic mass is 9.85. The van der Waals surface area contributed by atoms with Gasteiger partial charge in [-0.1, -0.05) is 6.07 Å². The van der Waals surface area contributed by atoms with Gasteiger partial charge in [0.25, 0.3) is 0 Å². The van der Waals surface area contributed by atoms with E-state index in [1.807, 2.05) is 37.4 Å². The summed E-state index contributed by atoms with van der Waals surface area (Å²) in [6.45, 7) is 1.96. The van der Waals surface area contributed by atoms with Crippen LogP contribution in [0.2, 0.25) is 0 Å². The Morgan fingerprint density at radius 2 is 2.00 bits per heavy atom. The smallest absolute Gasteiger partial charge is 0.177 e. The van der Waals surface area contributed by atoms with Gasteiger partial charge >= 0.3 is 0 Å². The van der Waals surface area contributed by atoms with Crippen LogP contribution in [0.3, 0.4) is 0 Å². The fourth-order valence-corrected chi connectivity index (χ4v) is 3.73. The highest BCUT2D eigenvalue weighted by atomic mass is 16.5. The van der Waals surface area contributed by atoms with E-state index < -0.39 is 0 Å². The molecule has 0 saturated heterocycles. The number of nitrogens with one attached hydrogen (secondary N) is 1. The second-order valence-electron chi connectivity index (χ2n) is 7.29. The molecule has 4 rings (SSSR count). The van der Waals surface area contributed by atoms with Crippen molar-refractivity contribution >= 4 is 22.8 Å². The van der Waals surface area contributed by atoms with Crippen LogP contribution in [0.1, 0.15) is 42.9 Å². The van der Waals surface area contributed by atoms with Gasteiger partial charge in [-0.15, -0.1) is 5.10 Å². The van der Waals surface area contributed by atoms with Crippen molar-refractivity contribution in [1.29, 1.82) is 0 Å². The van der Waals surface area contributed by atoms with Crippen LogP contribution in [0.15, 0.2) is 30.5 Å². The van der Waals surface area contributed by atoms with Crippen LogP contribution in [-0.2, 0) is 0 Å². The highest BCUT2D eigenvalue weighted by Crippen LogP contribution is 2.34. The Morgan fingerprint density at radius 3 is 2.74 bits per heavy atom. The van der Waals surface area contributed by atoms with Gasteiger partial charge in [0.15, 0.2) is 5.65 Å². The molecule has 3 aromatic rings. The molecule has 1 aromatic carbocycles. The van der Waals surface area contributed by atoms with Crippen LogP contribution in [0.4, 0.5) is 17.2 Å². The zero-order valence-electron chi connectivity index (χ0n) is 15.8. The average Bonchev–Trinajstić information content (AvgIpc) is 3.09. The molecular weight excluding hydrogens is 340 g/mol. The number of nitrogens with two attached hydrogens (primary N) is 2. The Balaban J connectivity index is 1.73. The lowest BCUT2D eigenvalue weighted by molar-refractivity contribution is 0.391. The van der Waals surface area contributed by atoms with Gasteiger partial charge < -0.3 is 21.5 Å². The molecule has 0 unspecified atom stereocenters. The van der Waals surface area contributed by atoms with Crippen molar-refractivity contribution in [1.82, 2.24) is 14.6 Å². The summed E-state index contributed by atoms with van der Waals surface area (Å²) in [6, 6.07) is 8.11. The maximum absolute atomic E-state index is 6.16. The number of benzene rings is 1. The molecule has 1 fully saturated rings. The zero-order chi connectivity index (χ0) is 19.0. The number of imidazole rings is 1. The van der Waals surface area contributed by atoms with Gasteiger partial charge in [0.05, 0.1) is 24.7 Å². The van der Waals surface area contributed by atoms with Gasteiger partial charge in [0, 0.05) is 29.3 Å². The maximum Gasteiger partial charge on any atom is 0.177 e. The second-order valence-corrected chi connectivity index (χ2v) is 7.29. The largest absolute Gasteiger partial charge is 0.497 e. The van der Waals surface area contributed by atoms with E-state index in [1.165, 1.54) is 0 Å². The van der Waals surface area contributed by atoms with Crippen molar-refractivity contribution < 1.29 is 4.74 Å². The van der Waals surface area contributed by atoms with Gasteiger partial charge in [-0.3, -0.25) is 0 Å². The van der Waals surface area contributed by atoms with E-state index >= 15 is 0 Å². The van der Waals surface area contributed by atoms with Crippen LogP contribution < -0.4 is 21.5 Å². The van der Waals surface area contributed by atoms with Gasteiger partial charge in [-0.2, -0.15) is 0 Å². The van der Waals surface area contributed by atoms with Gasteiger partial charge in [-0.25, -0.2) is 9.50 Å². The highest BCUT2D eigenvalue weighted by molar-refractivity contribution is 5.80. The van der Waals surface area contributed by atoms with E-state index in [0.717, 1.165) is 59.7 Å². The van der Waals surface area contributed by atoms with E-state index in [0.29, 0.717) is 17.8 Å². The van der Waals surface area contributed by atoms with Crippen LogP contribution >= 0.6 is 0 Å². The van der Waals surface area contributed by atoms with Crippen molar-refractivity contribution in [3.05, 3.63) is 41.7 Å². The minimum absolute atomic E-state index is 0.319. The maximum atomic E-state index is 6.16. The zero-order valence-corrected chi connectivity index (χ0v) is 15.8. The third kappa shape index (κ3) is 3.42. The van der Waals surface area contributed by atoms with Crippen molar-refractivity contribution in [3.8, 4) is 5.75 Å². The summed E-state index contributed by atoms with van der Waals surface area (Å²) in [4.78, 5) is 4.91. The van der Waals surface area contributed by atoms with Crippen molar-refractivity contribution in [2.45, 2.75) is 44.6 Å². The van der Waals surface area contributed by atoms with Crippen molar-refractivity contribution in [2.75, 3.05) is 18.2 Å². The molecule has 0 aliphatic heterocycles. The number of hydrogen-bond donors (Lipinski definition) is 3. The number of anilines is 3. The Hall–Kier alpha value is -2.80. The summed E-state index contributed by atoms with van der Waals surface area (Å²) in [7, 11) is 1.66. The Morgan fingerprint density at radius 1 is 1.22 bits per heavy atom. The predicted octanol–water partition coefficient (Wildman–Crippen LogP) is 3.36. The first-order valence-corrected chi connectivity index (χ1v) is 9.37. The van der Waals surface area contributed by atoms with E-state index in [1.54, 1.807) is 11.6 Å². The van der Waals surface area contributed by atoms with Gasteiger partial charge in [0.2, 0.25) is 0 Å². The molecule has 0 radical (unpaired) electrons. The molecule has 0 spiro atoms. The number of rotatable bonds is 4. The van der Waals surface area contributed by atoms with Crippen molar-refractivity contribution in [3.63, 3.8) is 0 Å². The monoisotopic (exact) mass is 366 g/mol. The molecule has 1 saturated carbocycles. The highest BCUT2D eigenvalue weighted by Gasteiger charge is 2.23. The molecule has 142 valence electrons. The Bertz CT molecular complexity index is 959. The van der Waals surface area contributed by atoms with Gasteiger partial charge in [0.1, 0.15) is 11.6 Å². The summed E-state index contributed by atoms with van der Waals surface area (Å²) in [5.74, 6) is 1.71. The molecule has 2 heterocycles. The standard InChI is InChI=1S/C20H26N6O/c1-12-18(23-15-4-3-5-16(10-15)27-2)20-24-17(11-26(20)25-19(12)22)13-6-8-14(21)9-7-13/h3-5,10-11,13-14,23H,6-9,21H2,1-2H3,(H2,22,25). The molecule has 1 aliphatic carbocycles. The third-order valence-corrected chi connectivity index (χ3v) is 5.43. The Labute approximate surface area is 158 Å². The Kier molecular flexibility index (Phi) is 4.61. The summed E-state index contributed by atoms with van der Waals surface area (Å²) in [6.07, 6.45) is 6.23. The van der Waals surface area contributed by atoms with E-state index in [9.17, 15) is 0 Å². The molecule has 2 aromatic heterocycles. The van der Waals surface area contributed by atoms with E-state index in [-0.39, 0.29) is 0 Å². The first-order chi connectivity index (χ1) is 13.0. The fourth-order valence-electron chi connectivity index (χ4n) is 3.73. The molecule has 0 atom stereocenters. The van der Waals surface area contributed by atoms with Crippen LogP contribution in [-0.4, -0.2) is 27.7 Å². The van der Waals surface area contributed by atoms with E-state index in [4.69, 9.17) is 21.2 Å². The minimum atomic E-state index is 0.319. The predicted molar refractivity (Wildman–Crippen MR) is 108 cm³/mol. The lowest BCUT2D eigenvalue weighted by Gasteiger charge is -2.24. The molecule has 5 N–H and O–H groups in total. The summed E-state index contributed by atoms with van der Waals surface area (Å²) < 4.78 is 7.10. The molecule has 0 bridgehead atoms. The molecule has 1 aliphatic rings. The van der Waals surface area contributed by atoms with Crippen LogP contribution in [0.25, 0.3) is 5.65 Å². The molecule has 0 amide bonds. The summed E-state index contributed by atoms with van der Waals surface area (Å²) in [5, 5.41) is 7.93. The first-order valence-electron chi connectivity index (χ1n) is 9.37. The molecular formula is C20H26N6O. The normalized spacial score (nSPS) is 20.0. The number of nitrogen functional groups attached to an aromatic ring is 1. The molecule has 7 nitrogen and oxygen atoms in total. The summed E-state index contributed by atoms with van der Waals surface area (Å²) >= 11 is 0. The third-order valence-electron chi connectivity index (χ3n) is 5.43. The SMILES string of the molecule is COc1cccc(Nc2c(C)c(N)nn3cc(C4CCC(N)CC4)nc23)c1. The lowest BCUT2D eigenvalue weighted by Crippen LogP contribution is -2.25. The van der Waals surface area contributed by atoms with Crippen LogP contribution in [0, 0.1) is 6.92 Å². The van der Waals surface area contributed by atoms with E-state index in [2.05, 4.69) is 10.4 Å². The average molecular weight is 366 g/mol. The topological polar surface area (TPSA) is 103 Å². The first kappa shape index (κ1) is 17.6. The quantitative estimate of drug-likeness (QED) is 0.654. The van der Waals surface area contributed by atoms with Crippen LogP contribution in [0.5, 0.6) is 5.75 Å². The summed E-state index contributed by atoms with van der Waals surface area (Å²) in [5.41, 5.74) is 16.7. The number of aromatic nitrogens is 3. The second kappa shape index (κ2) is 7.08. The number of ether oxygens (including phenoxy) is 1. The molecule has 27 heavy (non-hydrogen) atoms.